The highest BCUT2D eigenvalue weighted by Gasteiger charge is 2.18. The SMILES string of the molecule is Cc1ccc2oc(C(=O)Nc3cccc(CNc4cccnc4N)c3)c(C)c2c1. The summed E-state index contributed by atoms with van der Waals surface area (Å²) in [6.07, 6.45) is 1.65. The van der Waals surface area contributed by atoms with Crippen LogP contribution in [0.3, 0.4) is 0 Å². The molecule has 29 heavy (non-hydrogen) atoms. The largest absolute Gasteiger partial charge is 0.451 e. The van der Waals surface area contributed by atoms with Gasteiger partial charge in [0.05, 0.1) is 5.69 Å². The second-order valence-electron chi connectivity index (χ2n) is 7.00. The number of carbonyl (C=O) groups excluding carboxylic acids is 1. The first kappa shape index (κ1) is 18.6. The molecule has 0 aliphatic rings. The third-order valence-electron chi connectivity index (χ3n) is 4.80. The van der Waals surface area contributed by atoms with Crippen molar-refractivity contribution in [3.05, 3.63) is 83.2 Å². The molecule has 0 fully saturated rings. The summed E-state index contributed by atoms with van der Waals surface area (Å²) in [7, 11) is 0. The maximum atomic E-state index is 12.8. The van der Waals surface area contributed by atoms with Gasteiger partial charge in [-0.25, -0.2) is 4.98 Å². The molecule has 0 aliphatic heterocycles. The minimum Gasteiger partial charge on any atom is -0.451 e. The zero-order valence-corrected chi connectivity index (χ0v) is 16.3. The highest BCUT2D eigenvalue weighted by atomic mass is 16.3. The van der Waals surface area contributed by atoms with E-state index in [2.05, 4.69) is 15.6 Å². The van der Waals surface area contributed by atoms with E-state index in [-0.39, 0.29) is 5.91 Å². The Labute approximate surface area is 168 Å². The van der Waals surface area contributed by atoms with E-state index in [9.17, 15) is 4.79 Å². The van der Waals surface area contributed by atoms with Gasteiger partial charge in [0.2, 0.25) is 0 Å². The van der Waals surface area contributed by atoms with Crippen LogP contribution in [0.2, 0.25) is 0 Å². The van der Waals surface area contributed by atoms with Crippen molar-refractivity contribution in [1.82, 2.24) is 4.98 Å². The number of aromatic nitrogens is 1. The maximum Gasteiger partial charge on any atom is 0.291 e. The number of carbonyl (C=O) groups is 1. The van der Waals surface area contributed by atoms with Gasteiger partial charge in [0.1, 0.15) is 11.4 Å². The quantitative estimate of drug-likeness (QED) is 0.454. The van der Waals surface area contributed by atoms with Gasteiger partial charge in [-0.1, -0.05) is 23.8 Å². The standard InChI is InChI=1S/C23H22N4O2/c1-14-8-9-20-18(11-14)15(2)21(29-20)23(28)27-17-6-3-5-16(12-17)13-26-19-7-4-10-25-22(19)24/h3-12,26H,13H2,1-2H3,(H2,24,25)(H,27,28). The Balaban J connectivity index is 1.50. The number of nitrogens with one attached hydrogen (secondary N) is 2. The molecule has 2 aromatic heterocycles. The van der Waals surface area contributed by atoms with Crippen molar-refractivity contribution in [2.24, 2.45) is 0 Å². The number of nitrogen functional groups attached to an aromatic ring is 1. The first-order valence-corrected chi connectivity index (χ1v) is 9.35. The fraction of sp³-hybridized carbons (Fsp3) is 0.130. The summed E-state index contributed by atoms with van der Waals surface area (Å²) >= 11 is 0. The van der Waals surface area contributed by atoms with Gasteiger partial charge in [0.25, 0.3) is 5.91 Å². The molecule has 0 saturated carbocycles. The average Bonchev–Trinajstić information content (AvgIpc) is 3.04. The Morgan fingerprint density at radius 1 is 1.10 bits per heavy atom. The highest BCUT2D eigenvalue weighted by Crippen LogP contribution is 2.27. The smallest absolute Gasteiger partial charge is 0.291 e. The third-order valence-corrected chi connectivity index (χ3v) is 4.80. The van der Waals surface area contributed by atoms with Crippen LogP contribution in [0, 0.1) is 13.8 Å². The molecule has 146 valence electrons. The summed E-state index contributed by atoms with van der Waals surface area (Å²) in [6, 6.07) is 17.2. The molecule has 6 nitrogen and oxygen atoms in total. The van der Waals surface area contributed by atoms with Gasteiger partial charge in [-0.2, -0.15) is 0 Å². The molecule has 0 radical (unpaired) electrons. The predicted octanol–water partition coefficient (Wildman–Crippen LogP) is 4.89. The van der Waals surface area contributed by atoms with Crippen LogP contribution in [0.15, 0.2) is 65.2 Å². The molecule has 0 aliphatic carbocycles. The van der Waals surface area contributed by atoms with Crippen LogP contribution in [0.25, 0.3) is 11.0 Å². The van der Waals surface area contributed by atoms with Crippen molar-refractivity contribution in [3.63, 3.8) is 0 Å². The molecule has 0 unspecified atom stereocenters. The summed E-state index contributed by atoms with van der Waals surface area (Å²) in [6.45, 7) is 4.48. The molecule has 2 aromatic carbocycles. The zero-order valence-electron chi connectivity index (χ0n) is 16.3. The molecule has 0 spiro atoms. The number of nitrogens with zero attached hydrogens (tertiary/aromatic N) is 1. The summed E-state index contributed by atoms with van der Waals surface area (Å²) in [5.41, 5.74) is 11.0. The molecular formula is C23H22N4O2. The Morgan fingerprint density at radius 3 is 2.79 bits per heavy atom. The predicted molar refractivity (Wildman–Crippen MR) is 116 cm³/mol. The number of nitrogens with two attached hydrogens (primary N) is 1. The molecule has 0 saturated heterocycles. The lowest BCUT2D eigenvalue weighted by molar-refractivity contribution is 0.0998. The first-order valence-electron chi connectivity index (χ1n) is 9.35. The summed E-state index contributed by atoms with van der Waals surface area (Å²) in [5.74, 6) is 0.516. The van der Waals surface area contributed by atoms with Gasteiger partial charge in [-0.15, -0.1) is 0 Å². The van der Waals surface area contributed by atoms with E-state index in [1.807, 2.05) is 68.4 Å². The molecule has 4 N–H and O–H groups in total. The van der Waals surface area contributed by atoms with E-state index in [0.717, 1.165) is 27.8 Å². The van der Waals surface area contributed by atoms with Gasteiger partial charge < -0.3 is 20.8 Å². The molecule has 2 heterocycles. The minimum absolute atomic E-state index is 0.266. The van der Waals surface area contributed by atoms with Crippen molar-refractivity contribution in [2.75, 3.05) is 16.4 Å². The summed E-state index contributed by atoms with van der Waals surface area (Å²) < 4.78 is 5.79. The monoisotopic (exact) mass is 386 g/mol. The van der Waals surface area contributed by atoms with Crippen LogP contribution < -0.4 is 16.4 Å². The van der Waals surface area contributed by atoms with Gasteiger partial charge >= 0.3 is 0 Å². The van der Waals surface area contributed by atoms with Crippen LogP contribution in [-0.4, -0.2) is 10.9 Å². The second-order valence-corrected chi connectivity index (χ2v) is 7.00. The zero-order chi connectivity index (χ0) is 20.4. The van der Waals surface area contributed by atoms with Gasteiger partial charge in [-0.05, 0) is 55.8 Å². The topological polar surface area (TPSA) is 93.2 Å². The number of fused-ring (bicyclic) bond motifs is 1. The molecule has 4 rings (SSSR count). The number of hydrogen-bond donors (Lipinski definition) is 3. The van der Waals surface area contributed by atoms with Crippen molar-refractivity contribution in [2.45, 2.75) is 20.4 Å². The number of hydrogen-bond acceptors (Lipinski definition) is 5. The first-order chi connectivity index (χ1) is 14.0. The number of benzene rings is 2. The molecular weight excluding hydrogens is 364 g/mol. The van der Waals surface area contributed by atoms with Crippen LogP contribution in [-0.2, 0) is 6.54 Å². The molecule has 0 bridgehead atoms. The lowest BCUT2D eigenvalue weighted by atomic mass is 10.1. The lowest BCUT2D eigenvalue weighted by Crippen LogP contribution is -2.12. The van der Waals surface area contributed by atoms with Crippen LogP contribution in [0.4, 0.5) is 17.2 Å². The molecule has 0 atom stereocenters. The maximum absolute atomic E-state index is 12.8. The minimum atomic E-state index is -0.266. The van der Waals surface area contributed by atoms with Crippen LogP contribution in [0.1, 0.15) is 27.2 Å². The van der Waals surface area contributed by atoms with E-state index < -0.39 is 0 Å². The van der Waals surface area contributed by atoms with Crippen molar-refractivity contribution in [1.29, 1.82) is 0 Å². The number of amides is 1. The van der Waals surface area contributed by atoms with Crippen molar-refractivity contribution < 1.29 is 9.21 Å². The van der Waals surface area contributed by atoms with E-state index in [4.69, 9.17) is 10.2 Å². The fourth-order valence-electron chi connectivity index (χ4n) is 3.26. The van der Waals surface area contributed by atoms with Crippen LogP contribution >= 0.6 is 0 Å². The number of aryl methyl sites for hydroxylation is 2. The Morgan fingerprint density at radius 2 is 1.97 bits per heavy atom. The Hall–Kier alpha value is -3.80. The lowest BCUT2D eigenvalue weighted by Gasteiger charge is -2.10. The van der Waals surface area contributed by atoms with Crippen LogP contribution in [0.5, 0.6) is 0 Å². The summed E-state index contributed by atoms with van der Waals surface area (Å²) in [5, 5.41) is 7.14. The van der Waals surface area contributed by atoms with E-state index >= 15 is 0 Å². The van der Waals surface area contributed by atoms with E-state index in [1.165, 1.54) is 0 Å². The number of rotatable bonds is 5. The summed E-state index contributed by atoms with van der Waals surface area (Å²) in [4.78, 5) is 16.8. The number of pyridine rings is 1. The number of anilines is 3. The van der Waals surface area contributed by atoms with E-state index in [1.54, 1.807) is 6.20 Å². The Bertz CT molecular complexity index is 1200. The van der Waals surface area contributed by atoms with Crippen molar-refractivity contribution >= 4 is 34.1 Å². The molecule has 1 amide bonds. The van der Waals surface area contributed by atoms with Gasteiger partial charge in [-0.3, -0.25) is 4.79 Å². The molecule has 6 heteroatoms. The second kappa shape index (κ2) is 7.67. The number of furan rings is 1. The van der Waals surface area contributed by atoms with E-state index in [0.29, 0.717) is 29.4 Å². The fourth-order valence-corrected chi connectivity index (χ4v) is 3.26. The third kappa shape index (κ3) is 3.91. The van der Waals surface area contributed by atoms with Gasteiger partial charge in [0.15, 0.2) is 5.76 Å². The molecule has 4 aromatic rings. The average molecular weight is 386 g/mol. The normalized spacial score (nSPS) is 10.8. The highest BCUT2D eigenvalue weighted by molar-refractivity contribution is 6.06. The Kier molecular flexibility index (Phi) is 4.91. The van der Waals surface area contributed by atoms with Crippen molar-refractivity contribution in [3.8, 4) is 0 Å². The van der Waals surface area contributed by atoms with Gasteiger partial charge in [0, 0.05) is 29.4 Å².